The number of esters is 4. The highest BCUT2D eigenvalue weighted by atomic mass is 16.9. The molecule has 0 aromatic rings. The van der Waals surface area contributed by atoms with Crippen LogP contribution in [0.15, 0.2) is 38.0 Å². The number of carbonyl (C=O) groups is 4. The standard InChI is InChI=1S/C18H24O11/c1-4-13(22)27-18(28-14(23)5-2,29-15(24)6-3)9-16(25)26-8-7-17(10-19,11-20)12-21/h4-6,19-21H,1-3,7-12H2. The highest BCUT2D eigenvalue weighted by Gasteiger charge is 2.46. The Morgan fingerprint density at radius 1 is 0.759 bits per heavy atom. The van der Waals surface area contributed by atoms with E-state index in [4.69, 9.17) is 18.9 Å². The Hall–Kier alpha value is -3.02. The fourth-order valence-corrected chi connectivity index (χ4v) is 1.75. The third-order valence-corrected chi connectivity index (χ3v) is 3.53. The van der Waals surface area contributed by atoms with Crippen molar-refractivity contribution in [3.05, 3.63) is 38.0 Å². The molecule has 11 heteroatoms. The van der Waals surface area contributed by atoms with Gasteiger partial charge in [-0.2, -0.15) is 0 Å². The van der Waals surface area contributed by atoms with Gasteiger partial charge in [-0.3, -0.25) is 4.79 Å². The first-order valence-electron chi connectivity index (χ1n) is 8.19. The second-order valence-electron chi connectivity index (χ2n) is 5.68. The second kappa shape index (κ2) is 12.4. The highest BCUT2D eigenvalue weighted by Crippen LogP contribution is 2.24. The van der Waals surface area contributed by atoms with Gasteiger partial charge in [0, 0.05) is 23.6 Å². The van der Waals surface area contributed by atoms with Crippen LogP contribution in [0.3, 0.4) is 0 Å². The molecule has 3 N–H and O–H groups in total. The minimum Gasteiger partial charge on any atom is -0.465 e. The molecule has 0 rings (SSSR count). The third kappa shape index (κ3) is 8.68. The zero-order valence-electron chi connectivity index (χ0n) is 15.7. The van der Waals surface area contributed by atoms with Crippen molar-refractivity contribution in [1.29, 1.82) is 0 Å². The monoisotopic (exact) mass is 416 g/mol. The van der Waals surface area contributed by atoms with Crippen molar-refractivity contribution in [2.75, 3.05) is 26.4 Å². The van der Waals surface area contributed by atoms with Crippen LogP contribution in [0.5, 0.6) is 0 Å². The maximum Gasteiger partial charge on any atom is 0.435 e. The van der Waals surface area contributed by atoms with Crippen molar-refractivity contribution in [3.63, 3.8) is 0 Å². The van der Waals surface area contributed by atoms with Crippen LogP contribution in [0.25, 0.3) is 0 Å². The third-order valence-electron chi connectivity index (χ3n) is 3.53. The van der Waals surface area contributed by atoms with Crippen LogP contribution in [-0.2, 0) is 38.1 Å². The lowest BCUT2D eigenvalue weighted by atomic mass is 9.88. The van der Waals surface area contributed by atoms with Gasteiger partial charge in [0.05, 0.1) is 26.4 Å². The second-order valence-corrected chi connectivity index (χ2v) is 5.68. The summed E-state index contributed by atoms with van der Waals surface area (Å²) in [4.78, 5) is 47.0. The smallest absolute Gasteiger partial charge is 0.435 e. The van der Waals surface area contributed by atoms with E-state index in [1.54, 1.807) is 0 Å². The SMILES string of the molecule is C=CC(=O)OC(CC(=O)OCCC(CO)(CO)CO)(OC(=O)C=C)OC(=O)C=C. The minimum absolute atomic E-state index is 0.124. The molecule has 0 saturated heterocycles. The molecule has 0 saturated carbocycles. The molecule has 0 spiro atoms. The first-order valence-corrected chi connectivity index (χ1v) is 8.19. The predicted octanol–water partition coefficient (Wildman–Crippen LogP) is -0.885. The molecular formula is C18H24O11. The van der Waals surface area contributed by atoms with Crippen LogP contribution in [0.1, 0.15) is 12.8 Å². The van der Waals surface area contributed by atoms with Crippen molar-refractivity contribution >= 4 is 23.9 Å². The van der Waals surface area contributed by atoms with E-state index in [-0.39, 0.29) is 13.0 Å². The normalized spacial score (nSPS) is 11.0. The number of hydrogen-bond acceptors (Lipinski definition) is 11. The van der Waals surface area contributed by atoms with E-state index in [0.717, 1.165) is 0 Å². The van der Waals surface area contributed by atoms with Gasteiger partial charge in [0.1, 0.15) is 0 Å². The Labute approximate surface area is 166 Å². The van der Waals surface area contributed by atoms with E-state index in [1.807, 2.05) is 0 Å². The van der Waals surface area contributed by atoms with Gasteiger partial charge in [0.2, 0.25) is 0 Å². The maximum absolute atomic E-state index is 12.2. The zero-order chi connectivity index (χ0) is 22.5. The number of aliphatic hydroxyl groups excluding tert-OH is 3. The number of carbonyl (C=O) groups excluding carboxylic acids is 4. The van der Waals surface area contributed by atoms with Crippen LogP contribution >= 0.6 is 0 Å². The van der Waals surface area contributed by atoms with Crippen LogP contribution in [-0.4, -0.2) is 71.6 Å². The van der Waals surface area contributed by atoms with Gasteiger partial charge in [-0.1, -0.05) is 19.7 Å². The summed E-state index contributed by atoms with van der Waals surface area (Å²) in [5.74, 6) is -7.52. The Bertz CT molecular complexity index is 570. The van der Waals surface area contributed by atoms with Crippen molar-refractivity contribution in [1.82, 2.24) is 0 Å². The number of rotatable bonds is 14. The highest BCUT2D eigenvalue weighted by molar-refractivity contribution is 5.86. The Kier molecular flexibility index (Phi) is 11.1. The average molecular weight is 416 g/mol. The minimum atomic E-state index is -2.82. The first kappa shape index (κ1) is 26.0. The van der Waals surface area contributed by atoms with Gasteiger partial charge in [0.15, 0.2) is 6.42 Å². The van der Waals surface area contributed by atoms with Crippen molar-refractivity contribution < 1.29 is 53.4 Å². The summed E-state index contributed by atoms with van der Waals surface area (Å²) in [5.41, 5.74) is -1.29. The van der Waals surface area contributed by atoms with Gasteiger partial charge < -0.3 is 34.3 Å². The Morgan fingerprint density at radius 2 is 1.14 bits per heavy atom. The Balaban J connectivity index is 5.45. The first-order chi connectivity index (χ1) is 13.6. The topological polar surface area (TPSA) is 166 Å². The van der Waals surface area contributed by atoms with Gasteiger partial charge in [-0.25, -0.2) is 14.4 Å². The van der Waals surface area contributed by atoms with Crippen LogP contribution in [0, 0.1) is 5.41 Å². The van der Waals surface area contributed by atoms with Gasteiger partial charge in [-0.15, -0.1) is 0 Å². The predicted molar refractivity (Wildman–Crippen MR) is 95.5 cm³/mol. The maximum atomic E-state index is 12.2. The molecule has 0 aliphatic rings. The van der Waals surface area contributed by atoms with Gasteiger partial charge in [-0.05, 0) is 6.42 Å². The molecule has 0 atom stereocenters. The largest absolute Gasteiger partial charge is 0.465 e. The van der Waals surface area contributed by atoms with Crippen LogP contribution in [0.2, 0.25) is 0 Å². The van der Waals surface area contributed by atoms with Crippen LogP contribution in [0.4, 0.5) is 0 Å². The number of aliphatic hydroxyl groups is 3. The van der Waals surface area contributed by atoms with Crippen molar-refractivity contribution in [2.45, 2.75) is 18.8 Å². The van der Waals surface area contributed by atoms with Crippen molar-refractivity contribution in [3.8, 4) is 0 Å². The van der Waals surface area contributed by atoms with E-state index >= 15 is 0 Å². The fraction of sp³-hybridized carbons (Fsp3) is 0.444. The quantitative estimate of drug-likeness (QED) is 0.183. The summed E-state index contributed by atoms with van der Waals surface area (Å²) in [6.07, 6.45) is 0.821. The zero-order valence-corrected chi connectivity index (χ0v) is 15.7. The van der Waals surface area contributed by atoms with Crippen LogP contribution < -0.4 is 0 Å². The molecule has 0 fully saturated rings. The summed E-state index contributed by atoms with van der Waals surface area (Å²) in [7, 11) is 0. The summed E-state index contributed by atoms with van der Waals surface area (Å²) >= 11 is 0. The van der Waals surface area contributed by atoms with E-state index in [9.17, 15) is 34.5 Å². The lowest BCUT2D eigenvalue weighted by molar-refractivity contribution is -0.324. The Morgan fingerprint density at radius 3 is 1.45 bits per heavy atom. The van der Waals surface area contributed by atoms with E-state index in [1.165, 1.54) is 0 Å². The van der Waals surface area contributed by atoms with E-state index < -0.39 is 61.5 Å². The molecule has 0 aromatic carbocycles. The number of ether oxygens (including phenoxy) is 4. The van der Waals surface area contributed by atoms with E-state index in [2.05, 4.69) is 19.7 Å². The average Bonchev–Trinajstić information content (AvgIpc) is 2.70. The molecule has 0 amide bonds. The molecular weight excluding hydrogens is 392 g/mol. The lowest BCUT2D eigenvalue weighted by Crippen LogP contribution is -2.46. The van der Waals surface area contributed by atoms with Gasteiger partial charge in [0.25, 0.3) is 0 Å². The molecule has 0 unspecified atom stereocenters. The summed E-state index contributed by atoms with van der Waals surface area (Å²) in [5, 5.41) is 27.7. The lowest BCUT2D eigenvalue weighted by Gasteiger charge is -2.30. The number of hydrogen-bond donors (Lipinski definition) is 3. The fourth-order valence-electron chi connectivity index (χ4n) is 1.75. The van der Waals surface area contributed by atoms with E-state index in [0.29, 0.717) is 18.2 Å². The summed E-state index contributed by atoms with van der Waals surface area (Å²) in [6, 6.07) is 0. The molecule has 0 aliphatic heterocycles. The summed E-state index contributed by atoms with van der Waals surface area (Å²) in [6.45, 7) is 7.32. The molecule has 162 valence electrons. The molecule has 29 heavy (non-hydrogen) atoms. The molecule has 0 bridgehead atoms. The molecule has 0 aromatic heterocycles. The molecule has 0 radical (unpaired) electrons. The molecule has 0 heterocycles. The summed E-state index contributed by atoms with van der Waals surface area (Å²) < 4.78 is 19.1. The molecule has 11 nitrogen and oxygen atoms in total. The molecule has 0 aliphatic carbocycles. The van der Waals surface area contributed by atoms with Crippen molar-refractivity contribution in [2.24, 2.45) is 5.41 Å². The van der Waals surface area contributed by atoms with Gasteiger partial charge >= 0.3 is 29.9 Å².